The van der Waals surface area contributed by atoms with Crippen LogP contribution in [-0.2, 0) is 11.3 Å². The molecule has 1 aromatic rings. The fourth-order valence-electron chi connectivity index (χ4n) is 3.86. The fraction of sp³-hybridized carbons (Fsp3) is 0.667. The molecule has 2 aliphatic rings. The molecule has 1 N–H and O–H groups in total. The number of hydrogen-bond donors (Lipinski definition) is 1. The third-order valence-electron chi connectivity index (χ3n) is 5.51. The van der Waals surface area contributed by atoms with Crippen LogP contribution >= 0.6 is 0 Å². The Kier molecular flexibility index (Phi) is 7.51. The molecule has 0 unspecified atom stereocenters. The van der Waals surface area contributed by atoms with Crippen LogP contribution in [0.2, 0.25) is 0 Å². The summed E-state index contributed by atoms with van der Waals surface area (Å²) in [7, 11) is 0. The molecule has 0 saturated carbocycles. The zero-order valence-corrected chi connectivity index (χ0v) is 17.4. The Hall–Kier alpha value is -2.31. The van der Waals surface area contributed by atoms with Gasteiger partial charge in [-0.3, -0.25) is 4.79 Å². The zero-order chi connectivity index (χ0) is 19.8. The van der Waals surface area contributed by atoms with E-state index in [4.69, 9.17) is 4.99 Å². The molecule has 28 heavy (non-hydrogen) atoms. The van der Waals surface area contributed by atoms with Crippen molar-refractivity contribution in [1.82, 2.24) is 20.1 Å². The molecule has 0 bridgehead atoms. The Morgan fingerprint density at radius 2 is 1.75 bits per heavy atom. The third-order valence-corrected chi connectivity index (χ3v) is 5.51. The molecule has 0 radical (unpaired) electrons. The number of hydrogen-bond acceptors (Lipinski definition) is 4. The van der Waals surface area contributed by atoms with Crippen LogP contribution in [0.3, 0.4) is 0 Å². The van der Waals surface area contributed by atoms with E-state index in [-0.39, 0.29) is 5.91 Å². The minimum Gasteiger partial charge on any atom is -0.357 e. The molecule has 0 spiro atoms. The van der Waals surface area contributed by atoms with Gasteiger partial charge in [0.25, 0.3) is 0 Å². The lowest BCUT2D eigenvalue weighted by Crippen LogP contribution is -2.53. The van der Waals surface area contributed by atoms with Crippen molar-refractivity contribution < 1.29 is 4.79 Å². The largest absolute Gasteiger partial charge is 0.357 e. The maximum absolute atomic E-state index is 11.5. The number of amides is 1. The fourth-order valence-corrected chi connectivity index (χ4v) is 3.86. The van der Waals surface area contributed by atoms with E-state index in [1.165, 1.54) is 31.2 Å². The van der Waals surface area contributed by atoms with Gasteiger partial charge in [0.15, 0.2) is 5.96 Å². The Labute approximate surface area is 168 Å². The number of carbonyl (C=O) groups is 1. The van der Waals surface area contributed by atoms with E-state index in [0.29, 0.717) is 6.54 Å². The van der Waals surface area contributed by atoms with E-state index < -0.39 is 0 Å². The molecule has 0 aliphatic carbocycles. The van der Waals surface area contributed by atoms with E-state index in [9.17, 15) is 4.79 Å². The number of nitrogens with zero attached hydrogens (tertiary/aromatic N) is 5. The molecule has 154 valence electrons. The van der Waals surface area contributed by atoms with Crippen LogP contribution in [0.1, 0.15) is 45.1 Å². The van der Waals surface area contributed by atoms with Gasteiger partial charge >= 0.3 is 0 Å². The summed E-state index contributed by atoms with van der Waals surface area (Å²) >= 11 is 0. The van der Waals surface area contributed by atoms with Crippen LogP contribution in [0.5, 0.6) is 0 Å². The number of piperazine rings is 1. The van der Waals surface area contributed by atoms with Crippen molar-refractivity contribution >= 4 is 17.7 Å². The van der Waals surface area contributed by atoms with Gasteiger partial charge in [-0.25, -0.2) is 9.98 Å². The van der Waals surface area contributed by atoms with Gasteiger partial charge in [0.2, 0.25) is 5.91 Å². The molecule has 1 aromatic heterocycles. The van der Waals surface area contributed by atoms with Crippen LogP contribution < -0.4 is 10.2 Å². The van der Waals surface area contributed by atoms with Crippen LogP contribution in [0.25, 0.3) is 0 Å². The average molecular weight is 387 g/mol. The summed E-state index contributed by atoms with van der Waals surface area (Å²) < 4.78 is 0. The standard InChI is InChI=1S/C21H34N6O/c1-3-22-21(27-14-12-25(13-15-27)18(2)28)24-17-19-8-9-23-20(16-19)26-10-6-4-5-7-11-26/h8-9,16H,3-7,10-15,17H2,1-2H3,(H,22,24). The monoisotopic (exact) mass is 386 g/mol. The highest BCUT2D eigenvalue weighted by Gasteiger charge is 2.20. The lowest BCUT2D eigenvalue weighted by atomic mass is 10.2. The molecule has 0 aromatic carbocycles. The predicted octanol–water partition coefficient (Wildman–Crippen LogP) is 2.09. The predicted molar refractivity (Wildman–Crippen MR) is 114 cm³/mol. The number of guanidine groups is 1. The van der Waals surface area contributed by atoms with E-state index in [2.05, 4.69) is 39.2 Å². The average Bonchev–Trinajstić information content (AvgIpc) is 3.01. The van der Waals surface area contributed by atoms with Crippen LogP contribution in [0.15, 0.2) is 23.3 Å². The van der Waals surface area contributed by atoms with Gasteiger partial charge in [0.05, 0.1) is 6.54 Å². The van der Waals surface area contributed by atoms with Crippen molar-refractivity contribution in [3.8, 4) is 0 Å². The van der Waals surface area contributed by atoms with Gasteiger partial charge in [0, 0.05) is 58.9 Å². The summed E-state index contributed by atoms with van der Waals surface area (Å²) in [6, 6.07) is 4.24. The highest BCUT2D eigenvalue weighted by Crippen LogP contribution is 2.18. The summed E-state index contributed by atoms with van der Waals surface area (Å²) in [5.74, 6) is 2.16. The highest BCUT2D eigenvalue weighted by molar-refractivity contribution is 5.80. The first-order valence-electron chi connectivity index (χ1n) is 10.7. The van der Waals surface area contributed by atoms with Gasteiger partial charge in [-0.15, -0.1) is 0 Å². The summed E-state index contributed by atoms with van der Waals surface area (Å²) in [4.78, 5) is 27.6. The first-order chi connectivity index (χ1) is 13.7. The summed E-state index contributed by atoms with van der Waals surface area (Å²) in [5, 5.41) is 3.40. The first-order valence-corrected chi connectivity index (χ1v) is 10.7. The Morgan fingerprint density at radius 1 is 1.07 bits per heavy atom. The van der Waals surface area contributed by atoms with Gasteiger partial charge in [-0.05, 0) is 37.5 Å². The molecular weight excluding hydrogens is 352 g/mol. The number of carbonyl (C=O) groups excluding carboxylic acids is 1. The van der Waals surface area contributed by atoms with E-state index in [1.54, 1.807) is 6.92 Å². The van der Waals surface area contributed by atoms with Gasteiger partial charge < -0.3 is 20.0 Å². The Bertz CT molecular complexity index is 661. The van der Waals surface area contributed by atoms with Crippen molar-refractivity contribution in [3.05, 3.63) is 23.9 Å². The number of anilines is 1. The van der Waals surface area contributed by atoms with E-state index in [1.807, 2.05) is 11.1 Å². The van der Waals surface area contributed by atoms with Crippen molar-refractivity contribution in [1.29, 1.82) is 0 Å². The third kappa shape index (κ3) is 5.59. The SMILES string of the molecule is CCNC(=NCc1ccnc(N2CCCCCC2)c1)N1CCN(C(C)=O)CC1. The number of rotatable bonds is 4. The minimum atomic E-state index is 0.152. The van der Waals surface area contributed by atoms with Crippen LogP contribution in [-0.4, -0.2) is 72.5 Å². The van der Waals surface area contributed by atoms with E-state index >= 15 is 0 Å². The topological polar surface area (TPSA) is 64.1 Å². The van der Waals surface area contributed by atoms with Crippen molar-refractivity contribution in [2.75, 3.05) is 50.7 Å². The molecule has 1 amide bonds. The normalized spacial score (nSPS) is 18.8. The minimum absolute atomic E-state index is 0.152. The molecule has 3 rings (SSSR count). The summed E-state index contributed by atoms with van der Waals surface area (Å²) in [5.41, 5.74) is 1.19. The zero-order valence-electron chi connectivity index (χ0n) is 17.4. The summed E-state index contributed by atoms with van der Waals surface area (Å²) in [6.07, 6.45) is 7.05. The number of aliphatic imine (C=N–C) groups is 1. The first kappa shape index (κ1) is 20.4. The molecule has 7 heteroatoms. The van der Waals surface area contributed by atoms with Crippen LogP contribution in [0, 0.1) is 0 Å². The maximum atomic E-state index is 11.5. The van der Waals surface area contributed by atoms with Gasteiger partial charge in [-0.1, -0.05) is 12.8 Å². The lowest BCUT2D eigenvalue weighted by Gasteiger charge is -2.36. The maximum Gasteiger partial charge on any atom is 0.219 e. The van der Waals surface area contributed by atoms with Crippen molar-refractivity contribution in [3.63, 3.8) is 0 Å². The molecule has 7 nitrogen and oxygen atoms in total. The number of aromatic nitrogens is 1. The second-order valence-corrected chi connectivity index (χ2v) is 7.59. The molecular formula is C21H34N6O. The van der Waals surface area contributed by atoms with E-state index in [0.717, 1.165) is 57.6 Å². The highest BCUT2D eigenvalue weighted by atomic mass is 16.2. The molecule has 0 atom stereocenters. The second kappa shape index (κ2) is 10.3. The molecule has 2 saturated heterocycles. The number of pyridine rings is 1. The quantitative estimate of drug-likeness (QED) is 0.634. The Morgan fingerprint density at radius 3 is 2.39 bits per heavy atom. The molecule has 3 heterocycles. The lowest BCUT2D eigenvalue weighted by molar-refractivity contribution is -0.130. The molecule has 2 fully saturated rings. The smallest absolute Gasteiger partial charge is 0.219 e. The molecule has 2 aliphatic heterocycles. The van der Waals surface area contributed by atoms with Crippen molar-refractivity contribution in [2.24, 2.45) is 4.99 Å². The number of nitrogens with one attached hydrogen (secondary N) is 1. The second-order valence-electron chi connectivity index (χ2n) is 7.59. The van der Waals surface area contributed by atoms with Crippen molar-refractivity contribution in [2.45, 2.75) is 46.1 Å². The van der Waals surface area contributed by atoms with Gasteiger partial charge in [0.1, 0.15) is 5.82 Å². The Balaban J connectivity index is 1.64. The van der Waals surface area contributed by atoms with Crippen LogP contribution in [0.4, 0.5) is 5.82 Å². The van der Waals surface area contributed by atoms with Gasteiger partial charge in [-0.2, -0.15) is 0 Å². The summed E-state index contributed by atoms with van der Waals surface area (Å²) in [6.45, 7) is 10.6.